The van der Waals surface area contributed by atoms with Gasteiger partial charge in [-0.2, -0.15) is 0 Å². The molecule has 2 N–H and O–H groups in total. The highest BCUT2D eigenvalue weighted by molar-refractivity contribution is 7.91. The van der Waals surface area contributed by atoms with Gasteiger partial charge in [-0.3, -0.25) is 0 Å². The Hall–Kier alpha value is -1.76. The Morgan fingerprint density at radius 3 is 2.70 bits per heavy atom. The Balaban J connectivity index is 1.64. The number of nitrogens with zero attached hydrogens (tertiary/aromatic N) is 1. The molecular formula is C16H22N2O4S. The quantitative estimate of drug-likeness (QED) is 0.852. The van der Waals surface area contributed by atoms with Crippen LogP contribution in [-0.2, 0) is 16.4 Å². The topological polar surface area (TPSA) is 86.7 Å². The molecule has 2 amide bonds. The van der Waals surface area contributed by atoms with Crippen molar-refractivity contribution in [3.8, 4) is 5.75 Å². The number of rotatable bonds is 5. The van der Waals surface area contributed by atoms with Crippen molar-refractivity contribution in [1.29, 1.82) is 0 Å². The van der Waals surface area contributed by atoms with E-state index in [1.54, 1.807) is 23.1 Å². The maximum absolute atomic E-state index is 12.5. The zero-order valence-electron chi connectivity index (χ0n) is 12.9. The molecule has 1 aliphatic carbocycles. The third kappa shape index (κ3) is 4.60. The highest BCUT2D eigenvalue weighted by Gasteiger charge is 2.32. The molecule has 1 heterocycles. The van der Waals surface area contributed by atoms with E-state index in [0.717, 1.165) is 18.4 Å². The highest BCUT2D eigenvalue weighted by atomic mass is 32.2. The molecule has 3 rings (SSSR count). The molecule has 1 aromatic rings. The molecule has 1 aromatic carbocycles. The van der Waals surface area contributed by atoms with Gasteiger partial charge < -0.3 is 15.3 Å². The molecule has 2 fully saturated rings. The molecule has 0 unspecified atom stereocenters. The van der Waals surface area contributed by atoms with Crippen LogP contribution in [0.2, 0.25) is 0 Å². The molecule has 1 atom stereocenters. The smallest absolute Gasteiger partial charge is 0.317 e. The molecule has 1 aliphatic heterocycles. The van der Waals surface area contributed by atoms with Crippen LogP contribution in [0, 0.1) is 5.92 Å². The Labute approximate surface area is 136 Å². The molecular weight excluding hydrogens is 316 g/mol. The number of phenols is 1. The first kappa shape index (κ1) is 16.1. The summed E-state index contributed by atoms with van der Waals surface area (Å²) in [5.41, 5.74) is 0.861. The molecule has 126 valence electrons. The van der Waals surface area contributed by atoms with E-state index in [9.17, 15) is 18.3 Å². The number of amides is 2. The summed E-state index contributed by atoms with van der Waals surface area (Å²) in [7, 11) is -3.01. The first-order valence-corrected chi connectivity index (χ1v) is 9.77. The van der Waals surface area contributed by atoms with Crippen LogP contribution >= 0.6 is 0 Å². The van der Waals surface area contributed by atoms with Crippen LogP contribution in [-0.4, -0.2) is 48.5 Å². The maximum atomic E-state index is 12.5. The van der Waals surface area contributed by atoms with Gasteiger partial charge in [-0.1, -0.05) is 12.1 Å². The number of benzene rings is 1. The lowest BCUT2D eigenvalue weighted by Gasteiger charge is -2.25. The number of sulfone groups is 1. The van der Waals surface area contributed by atoms with E-state index >= 15 is 0 Å². The van der Waals surface area contributed by atoms with Crippen molar-refractivity contribution in [3.63, 3.8) is 0 Å². The molecule has 1 saturated heterocycles. The van der Waals surface area contributed by atoms with Crippen molar-refractivity contribution in [2.45, 2.75) is 31.8 Å². The van der Waals surface area contributed by atoms with Gasteiger partial charge in [0.25, 0.3) is 0 Å². The van der Waals surface area contributed by atoms with Crippen molar-refractivity contribution < 1.29 is 18.3 Å². The number of aromatic hydroxyl groups is 1. The fourth-order valence-electron chi connectivity index (χ4n) is 2.88. The zero-order chi connectivity index (χ0) is 16.4. The van der Waals surface area contributed by atoms with Crippen molar-refractivity contribution in [2.24, 2.45) is 5.92 Å². The molecule has 2 aliphatic rings. The minimum absolute atomic E-state index is 0.0299. The Morgan fingerprint density at radius 2 is 2.09 bits per heavy atom. The minimum Gasteiger partial charge on any atom is -0.508 e. The Morgan fingerprint density at radius 1 is 1.30 bits per heavy atom. The summed E-state index contributed by atoms with van der Waals surface area (Å²) in [6.45, 7) is 1.08. The van der Waals surface area contributed by atoms with Gasteiger partial charge in [0.05, 0.1) is 11.5 Å². The number of hydrogen-bond acceptors (Lipinski definition) is 4. The van der Waals surface area contributed by atoms with Gasteiger partial charge in [-0.15, -0.1) is 0 Å². The monoisotopic (exact) mass is 338 g/mol. The predicted molar refractivity (Wildman–Crippen MR) is 86.8 cm³/mol. The summed E-state index contributed by atoms with van der Waals surface area (Å²) in [5, 5.41) is 12.4. The van der Waals surface area contributed by atoms with Crippen LogP contribution in [0.4, 0.5) is 4.79 Å². The fourth-order valence-corrected chi connectivity index (χ4v) is 4.55. The molecule has 1 saturated carbocycles. The first-order valence-electron chi connectivity index (χ1n) is 7.95. The van der Waals surface area contributed by atoms with Gasteiger partial charge >= 0.3 is 6.03 Å². The number of carbonyl (C=O) groups is 1. The standard InChI is InChI=1S/C16H22N2O4S/c19-15-3-1-2-13(8-15)10-18(9-12-4-5-12)16(20)17-14-6-7-23(21,22)11-14/h1-3,8,12,14,19H,4-7,9-11H2,(H,17,20)/t14-/m1/s1. The Bertz CT molecular complexity index is 685. The molecule has 0 aromatic heterocycles. The molecule has 6 nitrogen and oxygen atoms in total. The normalized spacial score (nSPS) is 22.7. The third-order valence-electron chi connectivity index (χ3n) is 4.31. The molecule has 7 heteroatoms. The number of nitrogens with one attached hydrogen (secondary N) is 1. The second kappa shape index (κ2) is 6.39. The Kier molecular flexibility index (Phi) is 4.48. The summed E-state index contributed by atoms with van der Waals surface area (Å²) in [6, 6.07) is 6.35. The molecule has 23 heavy (non-hydrogen) atoms. The van der Waals surface area contributed by atoms with Gasteiger partial charge in [0, 0.05) is 19.1 Å². The number of hydrogen-bond donors (Lipinski definition) is 2. The van der Waals surface area contributed by atoms with E-state index in [0.29, 0.717) is 25.4 Å². The second-order valence-corrected chi connectivity index (χ2v) is 8.77. The summed E-state index contributed by atoms with van der Waals surface area (Å²) >= 11 is 0. The summed E-state index contributed by atoms with van der Waals surface area (Å²) in [4.78, 5) is 14.2. The van der Waals surface area contributed by atoms with Crippen LogP contribution < -0.4 is 5.32 Å². The zero-order valence-corrected chi connectivity index (χ0v) is 13.8. The SMILES string of the molecule is O=C(N[C@@H]1CCS(=O)(=O)C1)N(Cc1cccc(O)c1)CC1CC1. The van der Waals surface area contributed by atoms with E-state index in [2.05, 4.69) is 5.32 Å². The second-order valence-electron chi connectivity index (χ2n) is 6.54. The van der Waals surface area contributed by atoms with Crippen molar-refractivity contribution in [2.75, 3.05) is 18.1 Å². The number of carbonyl (C=O) groups excluding carboxylic acids is 1. The van der Waals surface area contributed by atoms with Gasteiger partial charge in [-0.05, 0) is 42.9 Å². The van der Waals surface area contributed by atoms with Crippen LogP contribution in [0.3, 0.4) is 0 Å². The largest absolute Gasteiger partial charge is 0.508 e. The number of urea groups is 1. The lowest BCUT2D eigenvalue weighted by molar-refractivity contribution is 0.189. The first-order chi connectivity index (χ1) is 10.9. The van der Waals surface area contributed by atoms with Crippen molar-refractivity contribution in [1.82, 2.24) is 10.2 Å². The summed E-state index contributed by atoms with van der Waals surface area (Å²) < 4.78 is 23.0. The van der Waals surface area contributed by atoms with Crippen LogP contribution in [0.1, 0.15) is 24.8 Å². The van der Waals surface area contributed by atoms with Crippen LogP contribution in [0.5, 0.6) is 5.75 Å². The molecule has 0 radical (unpaired) electrons. The van der Waals surface area contributed by atoms with Crippen molar-refractivity contribution in [3.05, 3.63) is 29.8 Å². The summed E-state index contributed by atoms with van der Waals surface area (Å²) in [5.74, 6) is 0.886. The summed E-state index contributed by atoms with van der Waals surface area (Å²) in [6.07, 6.45) is 2.74. The lowest BCUT2D eigenvalue weighted by Crippen LogP contribution is -2.45. The average Bonchev–Trinajstić information content (AvgIpc) is 3.22. The average molecular weight is 338 g/mol. The molecule has 0 bridgehead atoms. The third-order valence-corrected chi connectivity index (χ3v) is 6.07. The van der Waals surface area contributed by atoms with E-state index in [1.807, 2.05) is 6.07 Å². The van der Waals surface area contributed by atoms with E-state index < -0.39 is 9.84 Å². The van der Waals surface area contributed by atoms with Gasteiger partial charge in [0.1, 0.15) is 5.75 Å². The predicted octanol–water partition coefficient (Wildman–Crippen LogP) is 1.50. The van der Waals surface area contributed by atoms with E-state index in [-0.39, 0.29) is 29.3 Å². The highest BCUT2D eigenvalue weighted by Crippen LogP contribution is 2.30. The van der Waals surface area contributed by atoms with Crippen LogP contribution in [0.25, 0.3) is 0 Å². The van der Waals surface area contributed by atoms with Gasteiger partial charge in [0.2, 0.25) is 0 Å². The van der Waals surface area contributed by atoms with Gasteiger partial charge in [-0.25, -0.2) is 13.2 Å². The number of phenolic OH excluding ortho intramolecular Hbond substituents is 1. The maximum Gasteiger partial charge on any atom is 0.317 e. The van der Waals surface area contributed by atoms with Gasteiger partial charge in [0.15, 0.2) is 9.84 Å². The fraction of sp³-hybridized carbons (Fsp3) is 0.562. The lowest BCUT2D eigenvalue weighted by atomic mass is 10.2. The van der Waals surface area contributed by atoms with E-state index in [1.165, 1.54) is 0 Å². The minimum atomic E-state index is -3.01. The van der Waals surface area contributed by atoms with E-state index in [4.69, 9.17) is 0 Å². The van der Waals surface area contributed by atoms with Crippen LogP contribution in [0.15, 0.2) is 24.3 Å². The van der Waals surface area contributed by atoms with Crippen molar-refractivity contribution >= 4 is 15.9 Å². The molecule has 0 spiro atoms.